The number of likely N-dealkylation sites (N-methyl/N-ethyl adjacent to an activating group) is 1. The average Bonchev–Trinajstić information content (AvgIpc) is 2.87. The topological polar surface area (TPSA) is 53.2 Å². The van der Waals surface area contributed by atoms with E-state index in [9.17, 15) is 0 Å². The minimum absolute atomic E-state index is 0.301. The van der Waals surface area contributed by atoms with Crippen molar-refractivity contribution in [2.75, 3.05) is 33.3 Å². The Kier molecular flexibility index (Phi) is 3.77. The van der Waals surface area contributed by atoms with Crippen LogP contribution in [0.5, 0.6) is 0 Å². The second-order valence-corrected chi connectivity index (χ2v) is 5.15. The molecule has 1 aromatic heterocycles. The molecule has 0 amide bonds. The lowest BCUT2D eigenvalue weighted by atomic mass is 10.2. The van der Waals surface area contributed by atoms with Crippen molar-refractivity contribution in [1.82, 2.24) is 20.2 Å². The van der Waals surface area contributed by atoms with Crippen molar-refractivity contribution in [2.24, 2.45) is 0 Å². The average molecular weight is 260 g/mol. The van der Waals surface area contributed by atoms with Crippen molar-refractivity contribution < 1.29 is 4.74 Å². The summed E-state index contributed by atoms with van der Waals surface area (Å²) in [5.41, 5.74) is 3.41. The Hall–Kier alpha value is -1.43. The van der Waals surface area contributed by atoms with Gasteiger partial charge in [-0.25, -0.2) is 4.98 Å². The van der Waals surface area contributed by atoms with E-state index < -0.39 is 0 Å². The first-order chi connectivity index (χ1) is 9.31. The number of hydrogen-bond acceptors (Lipinski definition) is 4. The first kappa shape index (κ1) is 12.6. The summed E-state index contributed by atoms with van der Waals surface area (Å²) in [4.78, 5) is 9.69. The zero-order chi connectivity index (χ0) is 13.1. The summed E-state index contributed by atoms with van der Waals surface area (Å²) in [7, 11) is 2.13. The second kappa shape index (κ2) is 5.69. The summed E-state index contributed by atoms with van der Waals surface area (Å²) in [5.74, 6) is 0. The Labute approximate surface area is 113 Å². The van der Waals surface area contributed by atoms with E-state index in [1.807, 2.05) is 0 Å². The number of benzene rings is 1. The van der Waals surface area contributed by atoms with Crippen molar-refractivity contribution in [2.45, 2.75) is 12.6 Å². The predicted molar refractivity (Wildman–Crippen MR) is 75.0 cm³/mol. The normalized spacial score (nSPS) is 20.2. The molecule has 1 fully saturated rings. The summed E-state index contributed by atoms with van der Waals surface area (Å²) in [6, 6.07) is 6.37. The van der Waals surface area contributed by atoms with E-state index in [-0.39, 0.29) is 0 Å². The minimum atomic E-state index is 0.301. The number of aromatic amines is 1. The van der Waals surface area contributed by atoms with E-state index in [0.29, 0.717) is 6.10 Å². The zero-order valence-electron chi connectivity index (χ0n) is 11.2. The van der Waals surface area contributed by atoms with Crippen LogP contribution in [0.4, 0.5) is 0 Å². The van der Waals surface area contributed by atoms with Crippen LogP contribution in [0.3, 0.4) is 0 Å². The van der Waals surface area contributed by atoms with Crippen molar-refractivity contribution in [3.63, 3.8) is 0 Å². The van der Waals surface area contributed by atoms with E-state index in [4.69, 9.17) is 4.74 Å². The number of hydrogen-bond donors (Lipinski definition) is 2. The molecule has 1 atom stereocenters. The largest absolute Gasteiger partial charge is 0.374 e. The van der Waals surface area contributed by atoms with Crippen LogP contribution in [0.15, 0.2) is 24.5 Å². The molecular formula is C14H20N4O. The quantitative estimate of drug-likeness (QED) is 0.860. The number of H-pyrrole nitrogens is 1. The van der Waals surface area contributed by atoms with Gasteiger partial charge in [0, 0.05) is 26.2 Å². The zero-order valence-corrected chi connectivity index (χ0v) is 11.2. The van der Waals surface area contributed by atoms with Gasteiger partial charge in [0.05, 0.1) is 30.1 Å². The van der Waals surface area contributed by atoms with E-state index >= 15 is 0 Å². The summed E-state index contributed by atoms with van der Waals surface area (Å²) < 4.78 is 5.72. The Morgan fingerprint density at radius 2 is 2.42 bits per heavy atom. The Balaban J connectivity index is 1.59. The van der Waals surface area contributed by atoms with Crippen molar-refractivity contribution in [3.8, 4) is 0 Å². The van der Waals surface area contributed by atoms with Crippen LogP contribution >= 0.6 is 0 Å². The van der Waals surface area contributed by atoms with Gasteiger partial charge in [0.1, 0.15) is 0 Å². The Morgan fingerprint density at radius 3 is 3.26 bits per heavy atom. The first-order valence-corrected chi connectivity index (χ1v) is 6.74. The van der Waals surface area contributed by atoms with E-state index in [0.717, 1.165) is 43.8 Å². The molecule has 5 heteroatoms. The number of ether oxygens (including phenoxy) is 1. The van der Waals surface area contributed by atoms with Crippen LogP contribution in [0.2, 0.25) is 0 Å². The van der Waals surface area contributed by atoms with Gasteiger partial charge in [-0.15, -0.1) is 0 Å². The molecule has 0 radical (unpaired) electrons. The number of rotatable bonds is 4. The van der Waals surface area contributed by atoms with Crippen molar-refractivity contribution in [3.05, 3.63) is 30.1 Å². The molecular weight excluding hydrogens is 240 g/mol. The van der Waals surface area contributed by atoms with Gasteiger partial charge in [-0.3, -0.25) is 4.90 Å². The highest BCUT2D eigenvalue weighted by Gasteiger charge is 2.15. The monoisotopic (exact) mass is 260 g/mol. The maximum absolute atomic E-state index is 5.72. The van der Waals surface area contributed by atoms with E-state index in [1.165, 1.54) is 5.56 Å². The molecule has 2 heterocycles. The summed E-state index contributed by atoms with van der Waals surface area (Å²) in [5, 5.41) is 3.36. The highest BCUT2D eigenvalue weighted by molar-refractivity contribution is 5.74. The third-order valence-electron chi connectivity index (χ3n) is 3.46. The number of imidazole rings is 1. The van der Waals surface area contributed by atoms with Gasteiger partial charge in [0.25, 0.3) is 0 Å². The number of aromatic nitrogens is 2. The molecule has 1 saturated heterocycles. The number of nitrogens with one attached hydrogen (secondary N) is 2. The lowest BCUT2D eigenvalue weighted by Crippen LogP contribution is -2.44. The molecule has 1 aliphatic heterocycles. The molecule has 19 heavy (non-hydrogen) atoms. The van der Waals surface area contributed by atoms with E-state index in [2.05, 4.69) is 45.4 Å². The standard InChI is InChI=1S/C14H20N4O/c1-18(9-12-7-15-4-5-19-12)8-11-2-3-13-14(6-11)17-10-16-13/h2-3,6,10,12,15H,4-5,7-9H2,1H3,(H,16,17). The fourth-order valence-electron chi connectivity index (χ4n) is 2.54. The first-order valence-electron chi connectivity index (χ1n) is 6.74. The molecule has 1 aromatic carbocycles. The van der Waals surface area contributed by atoms with Gasteiger partial charge < -0.3 is 15.0 Å². The predicted octanol–water partition coefficient (Wildman–Crippen LogP) is 0.983. The van der Waals surface area contributed by atoms with E-state index in [1.54, 1.807) is 6.33 Å². The fraction of sp³-hybridized carbons (Fsp3) is 0.500. The van der Waals surface area contributed by atoms with Crippen LogP contribution < -0.4 is 5.32 Å². The van der Waals surface area contributed by atoms with Gasteiger partial charge in [0.15, 0.2) is 0 Å². The third-order valence-corrected chi connectivity index (χ3v) is 3.46. The van der Waals surface area contributed by atoms with Gasteiger partial charge in [-0.05, 0) is 24.7 Å². The molecule has 0 aliphatic carbocycles. The molecule has 1 unspecified atom stereocenters. The lowest BCUT2D eigenvalue weighted by Gasteiger charge is -2.28. The molecule has 102 valence electrons. The highest BCUT2D eigenvalue weighted by Crippen LogP contribution is 2.13. The van der Waals surface area contributed by atoms with Crippen LogP contribution in [0.1, 0.15) is 5.56 Å². The highest BCUT2D eigenvalue weighted by atomic mass is 16.5. The molecule has 0 bridgehead atoms. The SMILES string of the molecule is CN(Cc1ccc2nc[nH]c2c1)CC1CNCCO1. The van der Waals surface area contributed by atoms with Crippen LogP contribution in [-0.2, 0) is 11.3 Å². The van der Waals surface area contributed by atoms with Crippen LogP contribution in [0.25, 0.3) is 11.0 Å². The lowest BCUT2D eigenvalue weighted by molar-refractivity contribution is 0.00885. The van der Waals surface area contributed by atoms with Crippen molar-refractivity contribution >= 4 is 11.0 Å². The molecule has 2 aromatic rings. The summed E-state index contributed by atoms with van der Waals surface area (Å²) in [6.45, 7) is 4.61. The fourth-order valence-corrected chi connectivity index (χ4v) is 2.54. The molecule has 2 N–H and O–H groups in total. The molecule has 0 spiro atoms. The van der Waals surface area contributed by atoms with Crippen LogP contribution in [-0.4, -0.2) is 54.3 Å². The molecule has 5 nitrogen and oxygen atoms in total. The number of nitrogens with zero attached hydrogens (tertiary/aromatic N) is 2. The van der Waals surface area contributed by atoms with Gasteiger partial charge >= 0.3 is 0 Å². The Bertz CT molecular complexity index is 533. The van der Waals surface area contributed by atoms with Gasteiger partial charge in [0.2, 0.25) is 0 Å². The third kappa shape index (κ3) is 3.12. The van der Waals surface area contributed by atoms with Crippen LogP contribution in [0, 0.1) is 0 Å². The van der Waals surface area contributed by atoms with Crippen molar-refractivity contribution in [1.29, 1.82) is 0 Å². The molecule has 1 aliphatic rings. The summed E-state index contributed by atoms with van der Waals surface area (Å²) in [6.07, 6.45) is 2.04. The Morgan fingerprint density at radius 1 is 1.47 bits per heavy atom. The molecule has 0 saturated carbocycles. The van der Waals surface area contributed by atoms with Gasteiger partial charge in [-0.2, -0.15) is 0 Å². The maximum atomic E-state index is 5.72. The smallest absolute Gasteiger partial charge is 0.0931 e. The minimum Gasteiger partial charge on any atom is -0.374 e. The number of morpholine rings is 1. The number of fused-ring (bicyclic) bond motifs is 1. The van der Waals surface area contributed by atoms with Gasteiger partial charge in [-0.1, -0.05) is 6.07 Å². The summed E-state index contributed by atoms with van der Waals surface area (Å²) >= 11 is 0. The second-order valence-electron chi connectivity index (χ2n) is 5.15. The molecule has 3 rings (SSSR count). The maximum Gasteiger partial charge on any atom is 0.0931 e.